The fraction of sp³-hybridized carbons (Fsp3) is 0.714. The summed E-state index contributed by atoms with van der Waals surface area (Å²) in [5, 5.41) is 0. The summed E-state index contributed by atoms with van der Waals surface area (Å²) >= 11 is 0. The summed E-state index contributed by atoms with van der Waals surface area (Å²) in [6.45, 7) is 4.50. The molecule has 58 valence electrons. The Bertz CT molecular complexity index is 124. The average Bonchev–Trinajstić information content (AvgIpc) is 1.58. The molecule has 0 aromatic rings. The van der Waals surface area contributed by atoms with E-state index in [0.717, 1.165) is 0 Å². The maximum absolute atomic E-state index is 10.4. The predicted octanol–water partition coefficient (Wildman–Crippen LogP) is 0.917. The molecule has 0 heterocycles. The average molecular weight is 144 g/mol. The Morgan fingerprint density at radius 1 is 1.40 bits per heavy atom. The molecule has 0 spiro atoms. The molecule has 0 aromatic carbocycles. The predicted molar refractivity (Wildman–Crippen MR) is 36.5 cm³/mol. The highest BCUT2D eigenvalue weighted by molar-refractivity contribution is 5.76. The molecule has 0 bridgehead atoms. The number of carbonyl (C=O) groups is 2. The summed E-state index contributed by atoms with van der Waals surface area (Å²) in [5.41, 5.74) is 0. The second kappa shape index (κ2) is 4.04. The Morgan fingerprint density at radius 2 is 1.90 bits per heavy atom. The van der Waals surface area contributed by atoms with Gasteiger partial charge in [0.2, 0.25) is 0 Å². The van der Waals surface area contributed by atoms with Gasteiger partial charge in [0, 0.05) is 13.3 Å². The van der Waals surface area contributed by atoms with E-state index < -0.39 is 0 Å². The monoisotopic (exact) mass is 144 g/mol. The zero-order chi connectivity index (χ0) is 8.15. The lowest BCUT2D eigenvalue weighted by atomic mass is 10.2. The van der Waals surface area contributed by atoms with E-state index >= 15 is 0 Å². The van der Waals surface area contributed by atoms with Crippen molar-refractivity contribution in [2.45, 2.75) is 33.3 Å². The molecule has 0 aliphatic rings. The van der Waals surface area contributed by atoms with Crippen molar-refractivity contribution in [3.05, 3.63) is 0 Å². The molecule has 10 heavy (non-hydrogen) atoms. The van der Waals surface area contributed by atoms with E-state index in [9.17, 15) is 9.59 Å². The number of Topliss-reactive ketones (excluding diaryl/α,β-unsaturated/α-hetero) is 1. The highest BCUT2D eigenvalue weighted by atomic mass is 16.5. The van der Waals surface area contributed by atoms with Crippen LogP contribution in [-0.2, 0) is 14.3 Å². The molecule has 0 aromatic heterocycles. The number of hydrogen-bond acceptors (Lipinski definition) is 3. The van der Waals surface area contributed by atoms with Gasteiger partial charge in [-0.25, -0.2) is 0 Å². The minimum atomic E-state index is -0.339. The Morgan fingerprint density at radius 3 is 2.20 bits per heavy atom. The fourth-order valence-electron chi connectivity index (χ4n) is 0.730. The molecule has 0 amide bonds. The quantitative estimate of drug-likeness (QED) is 0.553. The summed E-state index contributed by atoms with van der Waals surface area (Å²) in [7, 11) is 0. The first kappa shape index (κ1) is 9.14. The third-order valence-corrected chi connectivity index (χ3v) is 0.942. The molecule has 0 radical (unpaired) electrons. The van der Waals surface area contributed by atoms with Crippen LogP contribution in [0.25, 0.3) is 0 Å². The number of ketones is 1. The Labute approximate surface area is 60.4 Å². The van der Waals surface area contributed by atoms with Crippen LogP contribution >= 0.6 is 0 Å². The molecular weight excluding hydrogens is 132 g/mol. The van der Waals surface area contributed by atoms with Gasteiger partial charge in [0.25, 0.3) is 0 Å². The van der Waals surface area contributed by atoms with Crippen molar-refractivity contribution in [1.82, 2.24) is 0 Å². The summed E-state index contributed by atoms with van der Waals surface area (Å²) in [6.07, 6.45) is 0.0227. The second-order valence-corrected chi connectivity index (χ2v) is 2.33. The van der Waals surface area contributed by atoms with Gasteiger partial charge >= 0.3 is 5.97 Å². The van der Waals surface area contributed by atoms with Gasteiger partial charge in [0.15, 0.2) is 0 Å². The largest absolute Gasteiger partial charge is 0.462 e. The molecule has 0 N–H and O–H groups in total. The first-order valence-electron chi connectivity index (χ1n) is 3.19. The molecule has 0 saturated heterocycles. The summed E-state index contributed by atoms with van der Waals surface area (Å²) < 4.78 is 4.70. The van der Waals surface area contributed by atoms with Crippen LogP contribution in [0.15, 0.2) is 0 Å². The van der Waals surface area contributed by atoms with Gasteiger partial charge in [0.05, 0.1) is 0 Å². The van der Waals surface area contributed by atoms with Gasteiger partial charge in [-0.3, -0.25) is 9.59 Å². The Balaban J connectivity index is 3.53. The van der Waals surface area contributed by atoms with Crippen molar-refractivity contribution in [1.29, 1.82) is 0 Å². The zero-order valence-electron chi connectivity index (χ0n) is 6.51. The van der Waals surface area contributed by atoms with Gasteiger partial charge in [0.1, 0.15) is 11.9 Å². The topological polar surface area (TPSA) is 43.4 Å². The molecule has 0 fully saturated rings. The van der Waals surface area contributed by atoms with Gasteiger partial charge in [-0.05, 0) is 13.8 Å². The molecule has 0 aliphatic carbocycles. The lowest BCUT2D eigenvalue weighted by molar-refractivity contribution is -0.146. The van der Waals surface area contributed by atoms with E-state index in [1.165, 1.54) is 13.8 Å². The molecule has 1 atom stereocenters. The van der Waals surface area contributed by atoms with E-state index in [1.807, 2.05) is 0 Å². The molecule has 0 saturated carbocycles. The van der Waals surface area contributed by atoms with E-state index in [1.54, 1.807) is 6.92 Å². The van der Waals surface area contributed by atoms with Crippen LogP contribution in [0.4, 0.5) is 0 Å². The first-order valence-corrected chi connectivity index (χ1v) is 3.19. The lowest BCUT2D eigenvalue weighted by Crippen LogP contribution is -2.15. The van der Waals surface area contributed by atoms with Crippen molar-refractivity contribution in [2.24, 2.45) is 0 Å². The molecule has 3 nitrogen and oxygen atoms in total. The van der Waals surface area contributed by atoms with Gasteiger partial charge in [-0.1, -0.05) is 0 Å². The van der Waals surface area contributed by atoms with E-state index in [-0.39, 0.29) is 17.9 Å². The zero-order valence-corrected chi connectivity index (χ0v) is 6.51. The SMILES string of the molecule is CC(=O)C[C@H](C)OC(C)=O. The summed E-state index contributed by atoms with van der Waals surface area (Å²) in [5.74, 6) is -0.303. The van der Waals surface area contributed by atoms with Crippen molar-refractivity contribution in [3.63, 3.8) is 0 Å². The van der Waals surface area contributed by atoms with E-state index in [4.69, 9.17) is 4.74 Å². The third kappa shape index (κ3) is 5.28. The van der Waals surface area contributed by atoms with E-state index in [2.05, 4.69) is 0 Å². The third-order valence-electron chi connectivity index (χ3n) is 0.942. The van der Waals surface area contributed by atoms with Gasteiger partial charge < -0.3 is 4.74 Å². The van der Waals surface area contributed by atoms with E-state index in [0.29, 0.717) is 6.42 Å². The molecule has 3 heteroatoms. The Hall–Kier alpha value is -0.860. The first-order chi connectivity index (χ1) is 4.52. The standard InChI is InChI=1S/C7H12O3/c1-5(8)4-6(2)10-7(3)9/h6H,4H2,1-3H3/t6-/m0/s1. The number of ether oxygens (including phenoxy) is 1. The van der Waals surface area contributed by atoms with Crippen molar-refractivity contribution >= 4 is 11.8 Å². The van der Waals surface area contributed by atoms with Gasteiger partial charge in [-0.15, -0.1) is 0 Å². The highest BCUT2D eigenvalue weighted by Crippen LogP contribution is 1.97. The Kier molecular flexibility index (Phi) is 3.69. The second-order valence-electron chi connectivity index (χ2n) is 2.33. The number of rotatable bonds is 3. The van der Waals surface area contributed by atoms with Crippen LogP contribution in [0, 0.1) is 0 Å². The van der Waals surface area contributed by atoms with Crippen molar-refractivity contribution < 1.29 is 14.3 Å². The number of hydrogen-bond donors (Lipinski definition) is 0. The van der Waals surface area contributed by atoms with Crippen LogP contribution in [-0.4, -0.2) is 17.9 Å². The van der Waals surface area contributed by atoms with Crippen LogP contribution in [0.1, 0.15) is 27.2 Å². The molecule has 0 unspecified atom stereocenters. The van der Waals surface area contributed by atoms with Crippen molar-refractivity contribution in [3.8, 4) is 0 Å². The van der Waals surface area contributed by atoms with Crippen molar-refractivity contribution in [2.75, 3.05) is 0 Å². The summed E-state index contributed by atoms with van der Waals surface area (Å²) in [6, 6.07) is 0. The minimum Gasteiger partial charge on any atom is -0.462 e. The molecule has 0 rings (SSSR count). The number of carbonyl (C=O) groups excluding carboxylic acids is 2. The maximum Gasteiger partial charge on any atom is 0.302 e. The molecule has 0 aliphatic heterocycles. The maximum atomic E-state index is 10.4. The smallest absolute Gasteiger partial charge is 0.302 e. The lowest BCUT2D eigenvalue weighted by Gasteiger charge is -2.08. The normalized spacial score (nSPS) is 12.3. The minimum absolute atomic E-state index is 0.0359. The summed E-state index contributed by atoms with van der Waals surface area (Å²) in [4.78, 5) is 20.7. The highest BCUT2D eigenvalue weighted by Gasteiger charge is 2.06. The van der Waals surface area contributed by atoms with Crippen LogP contribution in [0.2, 0.25) is 0 Å². The van der Waals surface area contributed by atoms with Gasteiger partial charge in [-0.2, -0.15) is 0 Å². The van der Waals surface area contributed by atoms with Crippen LogP contribution in [0.5, 0.6) is 0 Å². The fourth-order valence-corrected chi connectivity index (χ4v) is 0.730. The van der Waals surface area contributed by atoms with Crippen LogP contribution < -0.4 is 0 Å². The van der Waals surface area contributed by atoms with Crippen LogP contribution in [0.3, 0.4) is 0 Å². The molecular formula is C7H12O3. The number of esters is 1.